The Hall–Kier alpha value is -2.66. The van der Waals surface area contributed by atoms with Gasteiger partial charge in [-0.25, -0.2) is 4.90 Å². The fourth-order valence-electron chi connectivity index (χ4n) is 3.82. The van der Waals surface area contributed by atoms with Crippen LogP contribution in [0.5, 0.6) is 0 Å². The second kappa shape index (κ2) is 6.25. The molecular formula is C21H23N3O2. The van der Waals surface area contributed by atoms with E-state index in [1.807, 2.05) is 24.3 Å². The number of fused-ring (bicyclic) bond motifs is 3. The van der Waals surface area contributed by atoms with Gasteiger partial charge in [0.1, 0.15) is 0 Å². The molecular weight excluding hydrogens is 326 g/mol. The van der Waals surface area contributed by atoms with Crippen molar-refractivity contribution < 1.29 is 9.59 Å². The number of anilines is 2. The lowest BCUT2D eigenvalue weighted by Gasteiger charge is -2.26. The van der Waals surface area contributed by atoms with E-state index in [9.17, 15) is 9.59 Å². The highest BCUT2D eigenvalue weighted by atomic mass is 16.2. The Morgan fingerprint density at radius 3 is 2.62 bits per heavy atom. The summed E-state index contributed by atoms with van der Waals surface area (Å²) in [5, 5.41) is 0. The highest BCUT2D eigenvalue weighted by Crippen LogP contribution is 2.48. The molecule has 1 heterocycles. The third-order valence-corrected chi connectivity index (χ3v) is 5.32. The fraction of sp³-hybridized carbons (Fsp3) is 0.333. The lowest BCUT2D eigenvalue weighted by Crippen LogP contribution is -2.47. The minimum Gasteiger partial charge on any atom is -0.398 e. The van der Waals surface area contributed by atoms with Crippen molar-refractivity contribution in [1.29, 1.82) is 0 Å². The Balaban J connectivity index is 1.98. The molecule has 2 aromatic carbocycles. The Morgan fingerprint density at radius 1 is 1.19 bits per heavy atom. The molecule has 5 heteroatoms. The summed E-state index contributed by atoms with van der Waals surface area (Å²) >= 11 is 0. The quantitative estimate of drug-likeness (QED) is 0.834. The third kappa shape index (κ3) is 2.69. The van der Waals surface area contributed by atoms with E-state index in [2.05, 4.69) is 0 Å². The second-order valence-electron chi connectivity index (χ2n) is 7.36. The van der Waals surface area contributed by atoms with Gasteiger partial charge in [-0.1, -0.05) is 43.2 Å². The van der Waals surface area contributed by atoms with Gasteiger partial charge in [0, 0.05) is 11.3 Å². The minimum atomic E-state index is -0.768. The van der Waals surface area contributed by atoms with Gasteiger partial charge in [0.25, 0.3) is 0 Å². The van der Waals surface area contributed by atoms with Crippen molar-refractivity contribution in [3.63, 3.8) is 0 Å². The lowest BCUT2D eigenvalue weighted by molar-refractivity contribution is -0.128. The van der Waals surface area contributed by atoms with Crippen molar-refractivity contribution in [3.8, 4) is 11.1 Å². The number of carbonyl (C=O) groups excluding carboxylic acids is 2. The zero-order valence-electron chi connectivity index (χ0n) is 14.8. The first-order chi connectivity index (χ1) is 12.5. The monoisotopic (exact) mass is 349 g/mol. The predicted molar refractivity (Wildman–Crippen MR) is 103 cm³/mol. The van der Waals surface area contributed by atoms with Gasteiger partial charge in [0.15, 0.2) is 0 Å². The number of rotatable bonds is 3. The van der Waals surface area contributed by atoms with Crippen LogP contribution in [0.15, 0.2) is 42.5 Å². The second-order valence-corrected chi connectivity index (χ2v) is 7.36. The molecule has 2 aliphatic rings. The summed E-state index contributed by atoms with van der Waals surface area (Å²) in [7, 11) is 0. The predicted octanol–water partition coefficient (Wildman–Crippen LogP) is 3.04. The Kier molecular flexibility index (Phi) is 4.04. The zero-order chi connectivity index (χ0) is 18.4. The number of nitrogens with two attached hydrogens (primary N) is 2. The van der Waals surface area contributed by atoms with Crippen LogP contribution < -0.4 is 16.4 Å². The molecule has 0 saturated heterocycles. The standard InChI is InChI=1S/C21H23N3O2/c1-12(22)20(25)24-18-8-4-7-17(23)19(18)15-6-3-2-5-14(15)16(21(24)26)11-13-9-10-13/h2-8,12-13,16H,9-11,22-23H2,1H3/t12-,16?/m0/s1. The number of benzene rings is 2. The molecule has 2 atom stereocenters. The molecule has 0 spiro atoms. The van der Waals surface area contributed by atoms with Gasteiger partial charge in [-0.3, -0.25) is 9.59 Å². The van der Waals surface area contributed by atoms with Crippen LogP contribution in [0.1, 0.15) is 37.7 Å². The van der Waals surface area contributed by atoms with E-state index >= 15 is 0 Å². The van der Waals surface area contributed by atoms with E-state index in [0.717, 1.165) is 36.0 Å². The molecule has 4 rings (SSSR count). The SMILES string of the molecule is C[C@H](N)C(=O)N1C(=O)C(CC2CC2)c2ccccc2-c2c(N)cccc21. The van der Waals surface area contributed by atoms with E-state index in [-0.39, 0.29) is 11.8 Å². The molecule has 0 radical (unpaired) electrons. The molecule has 0 bridgehead atoms. The van der Waals surface area contributed by atoms with Crippen molar-refractivity contribution in [2.24, 2.45) is 11.7 Å². The maximum Gasteiger partial charge on any atom is 0.250 e. The van der Waals surface area contributed by atoms with Crippen LogP contribution in [0.3, 0.4) is 0 Å². The molecule has 4 N–H and O–H groups in total. The largest absolute Gasteiger partial charge is 0.398 e. The number of hydrogen-bond donors (Lipinski definition) is 2. The number of amides is 2. The number of hydrogen-bond acceptors (Lipinski definition) is 4. The highest BCUT2D eigenvalue weighted by Gasteiger charge is 2.40. The molecule has 1 unspecified atom stereocenters. The minimum absolute atomic E-state index is 0.198. The molecule has 2 aromatic rings. The van der Waals surface area contributed by atoms with Gasteiger partial charge in [-0.2, -0.15) is 0 Å². The van der Waals surface area contributed by atoms with Crippen molar-refractivity contribution >= 4 is 23.2 Å². The molecule has 1 fully saturated rings. The maximum absolute atomic E-state index is 13.5. The first-order valence-corrected chi connectivity index (χ1v) is 9.10. The van der Waals surface area contributed by atoms with Gasteiger partial charge in [-0.15, -0.1) is 0 Å². The summed E-state index contributed by atoms with van der Waals surface area (Å²) in [5.74, 6) is -0.400. The highest BCUT2D eigenvalue weighted by molar-refractivity contribution is 6.22. The van der Waals surface area contributed by atoms with Gasteiger partial charge in [0.05, 0.1) is 17.6 Å². The summed E-state index contributed by atoms with van der Waals surface area (Å²) in [6.07, 6.45) is 3.04. The van der Waals surface area contributed by atoms with E-state index in [1.54, 1.807) is 25.1 Å². The van der Waals surface area contributed by atoms with Gasteiger partial charge >= 0.3 is 0 Å². The molecule has 134 valence electrons. The maximum atomic E-state index is 13.5. The summed E-state index contributed by atoms with van der Waals surface area (Å²) in [5.41, 5.74) is 15.9. The smallest absolute Gasteiger partial charge is 0.250 e. The van der Waals surface area contributed by atoms with Crippen molar-refractivity contribution in [2.45, 2.75) is 38.1 Å². The van der Waals surface area contributed by atoms with Crippen LogP contribution in [0.2, 0.25) is 0 Å². The van der Waals surface area contributed by atoms with E-state index < -0.39 is 11.9 Å². The Morgan fingerprint density at radius 2 is 1.92 bits per heavy atom. The van der Waals surface area contributed by atoms with Crippen LogP contribution in [0, 0.1) is 5.92 Å². The van der Waals surface area contributed by atoms with Crippen molar-refractivity contribution in [2.75, 3.05) is 10.6 Å². The topological polar surface area (TPSA) is 89.4 Å². The Labute approximate surface area is 153 Å². The van der Waals surface area contributed by atoms with E-state index in [0.29, 0.717) is 17.3 Å². The van der Waals surface area contributed by atoms with Crippen LogP contribution in [0.25, 0.3) is 11.1 Å². The van der Waals surface area contributed by atoms with Crippen LogP contribution >= 0.6 is 0 Å². The zero-order valence-corrected chi connectivity index (χ0v) is 14.8. The fourth-order valence-corrected chi connectivity index (χ4v) is 3.82. The van der Waals surface area contributed by atoms with Crippen LogP contribution in [-0.4, -0.2) is 17.9 Å². The van der Waals surface area contributed by atoms with Crippen molar-refractivity contribution in [3.05, 3.63) is 48.0 Å². The summed E-state index contributed by atoms with van der Waals surface area (Å²) in [4.78, 5) is 27.6. The summed E-state index contributed by atoms with van der Waals surface area (Å²) in [6.45, 7) is 1.61. The average molecular weight is 349 g/mol. The Bertz CT molecular complexity index is 887. The summed E-state index contributed by atoms with van der Waals surface area (Å²) in [6, 6.07) is 12.4. The first kappa shape index (κ1) is 16.8. The van der Waals surface area contributed by atoms with Gasteiger partial charge in [0.2, 0.25) is 11.8 Å². The number of imide groups is 1. The molecule has 26 heavy (non-hydrogen) atoms. The first-order valence-electron chi connectivity index (χ1n) is 9.10. The molecule has 5 nitrogen and oxygen atoms in total. The molecule has 2 amide bonds. The molecule has 0 aromatic heterocycles. The van der Waals surface area contributed by atoms with Gasteiger partial charge in [-0.05, 0) is 42.5 Å². The molecule has 1 aliphatic heterocycles. The van der Waals surface area contributed by atoms with Gasteiger partial charge < -0.3 is 11.5 Å². The third-order valence-electron chi connectivity index (χ3n) is 5.32. The van der Waals surface area contributed by atoms with Crippen molar-refractivity contribution in [1.82, 2.24) is 0 Å². The normalized spacial score (nSPS) is 20.2. The summed E-state index contributed by atoms with van der Waals surface area (Å²) < 4.78 is 0. The van der Waals surface area contributed by atoms with E-state index in [4.69, 9.17) is 11.5 Å². The molecule has 1 aliphatic carbocycles. The number of carbonyl (C=O) groups is 2. The lowest BCUT2D eigenvalue weighted by atomic mass is 9.87. The number of nitrogen functional groups attached to an aromatic ring is 1. The van der Waals surface area contributed by atoms with E-state index in [1.165, 1.54) is 4.90 Å². The average Bonchev–Trinajstić information content (AvgIpc) is 3.44. The number of nitrogens with zero attached hydrogens (tertiary/aromatic N) is 1. The molecule has 1 saturated carbocycles. The van der Waals surface area contributed by atoms with Crippen LogP contribution in [-0.2, 0) is 9.59 Å². The van der Waals surface area contributed by atoms with Crippen LogP contribution in [0.4, 0.5) is 11.4 Å².